The molecule has 2 aromatic heterocycles. The molecular weight excluding hydrogens is 302 g/mol. The maximum absolute atomic E-state index is 6.00. The van der Waals surface area contributed by atoms with Crippen molar-refractivity contribution in [2.45, 2.75) is 26.0 Å². The molecule has 0 bridgehead atoms. The summed E-state index contributed by atoms with van der Waals surface area (Å²) in [6, 6.07) is 8.40. The number of nitrogens with zero attached hydrogens (tertiary/aromatic N) is 5. The van der Waals surface area contributed by atoms with Gasteiger partial charge in [-0.2, -0.15) is 5.10 Å². The average Bonchev–Trinajstić information content (AvgIpc) is 2.67. The Kier molecular flexibility index (Phi) is 5.72. The largest absolute Gasteiger partial charge is 0.374 e. The van der Waals surface area contributed by atoms with Crippen LogP contribution in [0.4, 0.5) is 5.82 Å². The summed E-state index contributed by atoms with van der Waals surface area (Å²) < 4.78 is 6.00. The third-order valence-electron chi connectivity index (χ3n) is 4.57. The molecule has 2 aromatic rings. The summed E-state index contributed by atoms with van der Waals surface area (Å²) in [4.78, 5) is 8.93. The van der Waals surface area contributed by atoms with E-state index in [9.17, 15) is 0 Å². The molecule has 1 aliphatic rings. The van der Waals surface area contributed by atoms with Crippen LogP contribution in [0.1, 0.15) is 25.5 Å². The Morgan fingerprint density at radius 3 is 2.92 bits per heavy atom. The van der Waals surface area contributed by atoms with E-state index in [2.05, 4.69) is 44.9 Å². The summed E-state index contributed by atoms with van der Waals surface area (Å²) in [5.41, 5.74) is 1.25. The Hall–Kier alpha value is -2.05. The highest BCUT2D eigenvalue weighted by molar-refractivity contribution is 5.36. The maximum Gasteiger partial charge on any atom is 0.151 e. The second-order valence-corrected chi connectivity index (χ2v) is 6.07. The van der Waals surface area contributed by atoms with E-state index in [-0.39, 0.29) is 6.10 Å². The molecule has 6 nitrogen and oxygen atoms in total. The number of anilines is 1. The van der Waals surface area contributed by atoms with Crippen LogP contribution in [0.3, 0.4) is 0 Å². The third-order valence-corrected chi connectivity index (χ3v) is 4.57. The smallest absolute Gasteiger partial charge is 0.151 e. The Bertz CT molecular complexity index is 609. The molecule has 3 rings (SSSR count). The van der Waals surface area contributed by atoms with E-state index in [1.807, 2.05) is 30.6 Å². The van der Waals surface area contributed by atoms with Gasteiger partial charge < -0.3 is 9.64 Å². The number of hydrogen-bond donors (Lipinski definition) is 0. The molecule has 0 unspecified atom stereocenters. The van der Waals surface area contributed by atoms with Crippen molar-refractivity contribution in [2.24, 2.45) is 0 Å². The second-order valence-electron chi connectivity index (χ2n) is 6.07. The zero-order valence-corrected chi connectivity index (χ0v) is 14.4. The molecule has 24 heavy (non-hydrogen) atoms. The van der Waals surface area contributed by atoms with Crippen molar-refractivity contribution in [3.05, 3.63) is 48.4 Å². The number of ether oxygens (including phenoxy) is 1. The lowest BCUT2D eigenvalue weighted by Crippen LogP contribution is -2.48. The van der Waals surface area contributed by atoms with Gasteiger partial charge in [-0.3, -0.25) is 9.88 Å². The van der Waals surface area contributed by atoms with Crippen LogP contribution < -0.4 is 4.90 Å². The molecular formula is C18H25N5O. The minimum atomic E-state index is 0.167. The van der Waals surface area contributed by atoms with Crippen molar-refractivity contribution < 1.29 is 4.74 Å². The number of aromatic nitrogens is 3. The van der Waals surface area contributed by atoms with E-state index >= 15 is 0 Å². The van der Waals surface area contributed by atoms with Crippen LogP contribution in [0.5, 0.6) is 0 Å². The highest BCUT2D eigenvalue weighted by Gasteiger charge is 2.26. The van der Waals surface area contributed by atoms with E-state index < -0.39 is 0 Å². The van der Waals surface area contributed by atoms with Gasteiger partial charge in [0.1, 0.15) is 0 Å². The Balaban J connectivity index is 1.63. The van der Waals surface area contributed by atoms with E-state index in [4.69, 9.17) is 4.74 Å². The lowest BCUT2D eigenvalue weighted by Gasteiger charge is -2.38. The molecule has 2 atom stereocenters. The van der Waals surface area contributed by atoms with Gasteiger partial charge in [0.05, 0.1) is 12.7 Å². The zero-order valence-electron chi connectivity index (χ0n) is 14.4. The molecule has 128 valence electrons. The van der Waals surface area contributed by atoms with Crippen LogP contribution in [-0.2, 0) is 4.74 Å². The van der Waals surface area contributed by atoms with Crippen molar-refractivity contribution in [1.82, 2.24) is 20.1 Å². The van der Waals surface area contributed by atoms with Crippen molar-refractivity contribution in [2.75, 3.05) is 37.7 Å². The Labute approximate surface area is 143 Å². The summed E-state index contributed by atoms with van der Waals surface area (Å²) in [5.74, 6) is 0.904. The average molecular weight is 327 g/mol. The van der Waals surface area contributed by atoms with Gasteiger partial charge in [-0.15, -0.1) is 5.10 Å². The monoisotopic (exact) mass is 327 g/mol. The third kappa shape index (κ3) is 4.07. The Morgan fingerprint density at radius 1 is 1.33 bits per heavy atom. The molecule has 0 spiro atoms. The molecule has 3 heterocycles. The first-order chi connectivity index (χ1) is 11.8. The van der Waals surface area contributed by atoms with Gasteiger partial charge in [0.15, 0.2) is 5.82 Å². The van der Waals surface area contributed by atoms with Crippen molar-refractivity contribution in [3.63, 3.8) is 0 Å². The van der Waals surface area contributed by atoms with Crippen LogP contribution in [-0.4, -0.2) is 59.0 Å². The van der Waals surface area contributed by atoms with Crippen molar-refractivity contribution in [1.29, 1.82) is 0 Å². The van der Waals surface area contributed by atoms with Crippen molar-refractivity contribution >= 4 is 5.82 Å². The predicted octanol–water partition coefficient (Wildman–Crippen LogP) is 2.16. The first kappa shape index (κ1) is 16.8. The molecule has 0 aliphatic carbocycles. The fraction of sp³-hybridized carbons (Fsp3) is 0.500. The van der Waals surface area contributed by atoms with Gasteiger partial charge in [0.25, 0.3) is 0 Å². The minimum Gasteiger partial charge on any atom is -0.374 e. The SMILES string of the molecule is CCN(C[C@H]1CN([C@H](C)c2cccnc2)CCO1)c1cccnn1. The van der Waals surface area contributed by atoms with Gasteiger partial charge in [0.2, 0.25) is 0 Å². The molecule has 0 amide bonds. The van der Waals surface area contributed by atoms with E-state index in [0.717, 1.165) is 38.6 Å². The predicted molar refractivity (Wildman–Crippen MR) is 93.9 cm³/mol. The number of likely N-dealkylation sites (N-methyl/N-ethyl adjacent to an activating group) is 1. The minimum absolute atomic E-state index is 0.167. The van der Waals surface area contributed by atoms with Crippen LogP contribution in [0, 0.1) is 0 Å². The van der Waals surface area contributed by atoms with Crippen LogP contribution in [0.15, 0.2) is 42.9 Å². The number of morpholine rings is 1. The molecule has 0 radical (unpaired) electrons. The first-order valence-electron chi connectivity index (χ1n) is 8.56. The molecule has 0 N–H and O–H groups in total. The normalized spacial score (nSPS) is 19.8. The highest BCUT2D eigenvalue weighted by Crippen LogP contribution is 2.22. The summed E-state index contributed by atoms with van der Waals surface area (Å²) in [5, 5.41) is 8.20. The number of rotatable bonds is 6. The molecule has 1 saturated heterocycles. The van der Waals surface area contributed by atoms with Crippen molar-refractivity contribution in [3.8, 4) is 0 Å². The van der Waals surface area contributed by atoms with E-state index in [1.54, 1.807) is 6.20 Å². The fourth-order valence-electron chi connectivity index (χ4n) is 3.13. The molecule has 6 heteroatoms. The molecule has 1 aliphatic heterocycles. The van der Waals surface area contributed by atoms with E-state index in [1.165, 1.54) is 5.56 Å². The maximum atomic E-state index is 6.00. The summed E-state index contributed by atoms with van der Waals surface area (Å²) >= 11 is 0. The highest BCUT2D eigenvalue weighted by atomic mass is 16.5. The summed E-state index contributed by atoms with van der Waals surface area (Å²) in [7, 11) is 0. The topological polar surface area (TPSA) is 54.4 Å². The van der Waals surface area contributed by atoms with Gasteiger partial charge in [-0.1, -0.05) is 6.07 Å². The molecule has 0 aromatic carbocycles. The van der Waals surface area contributed by atoms with Crippen LogP contribution in [0.2, 0.25) is 0 Å². The van der Waals surface area contributed by atoms with Gasteiger partial charge in [0, 0.05) is 50.8 Å². The van der Waals surface area contributed by atoms with Crippen LogP contribution >= 0.6 is 0 Å². The summed E-state index contributed by atoms with van der Waals surface area (Å²) in [6.45, 7) is 8.69. The summed E-state index contributed by atoms with van der Waals surface area (Å²) in [6.07, 6.45) is 5.64. The lowest BCUT2D eigenvalue weighted by molar-refractivity contribution is -0.0372. The van der Waals surface area contributed by atoms with Gasteiger partial charge >= 0.3 is 0 Å². The number of hydrogen-bond acceptors (Lipinski definition) is 6. The standard InChI is InChI=1S/C18H25N5O/c1-3-22(18-7-5-9-20-21-18)13-17-14-23(10-11-24-17)15(2)16-6-4-8-19-12-16/h4-9,12,15,17H,3,10-11,13-14H2,1-2H3/t15-,17+/m1/s1. The van der Waals surface area contributed by atoms with Gasteiger partial charge in [-0.05, 0) is 37.6 Å². The number of pyridine rings is 1. The lowest BCUT2D eigenvalue weighted by atomic mass is 10.1. The Morgan fingerprint density at radius 2 is 2.21 bits per heavy atom. The fourth-order valence-corrected chi connectivity index (χ4v) is 3.13. The molecule has 1 fully saturated rings. The second kappa shape index (κ2) is 8.17. The molecule has 0 saturated carbocycles. The first-order valence-corrected chi connectivity index (χ1v) is 8.56. The van der Waals surface area contributed by atoms with E-state index in [0.29, 0.717) is 6.04 Å². The van der Waals surface area contributed by atoms with Crippen LogP contribution in [0.25, 0.3) is 0 Å². The van der Waals surface area contributed by atoms with Gasteiger partial charge in [-0.25, -0.2) is 0 Å². The quantitative estimate of drug-likeness (QED) is 0.810. The zero-order chi connectivity index (χ0) is 16.8.